The summed E-state index contributed by atoms with van der Waals surface area (Å²) in [7, 11) is 0. The highest BCUT2D eigenvalue weighted by molar-refractivity contribution is 5.35. The minimum atomic E-state index is 0.527. The fourth-order valence-corrected chi connectivity index (χ4v) is 2.23. The third kappa shape index (κ3) is 4.80. The Labute approximate surface area is 126 Å². The maximum atomic E-state index is 5.75. The summed E-state index contributed by atoms with van der Waals surface area (Å²) in [6.45, 7) is 5.84. The maximum Gasteiger partial charge on any atom is 0.122 e. The molecule has 3 heteroatoms. The summed E-state index contributed by atoms with van der Waals surface area (Å²) in [6, 6.07) is 14.2. The lowest BCUT2D eigenvalue weighted by Crippen LogP contribution is -2.10. The van der Waals surface area contributed by atoms with E-state index in [0.717, 1.165) is 23.5 Å². The predicted molar refractivity (Wildman–Crippen MR) is 86.1 cm³/mol. The van der Waals surface area contributed by atoms with Gasteiger partial charge in [0.15, 0.2) is 0 Å². The van der Waals surface area contributed by atoms with E-state index in [0.29, 0.717) is 19.8 Å². The molecule has 0 aromatic heterocycles. The molecule has 2 rings (SSSR count). The third-order valence-electron chi connectivity index (χ3n) is 3.27. The van der Waals surface area contributed by atoms with E-state index in [1.54, 1.807) is 0 Å². The van der Waals surface area contributed by atoms with Crippen molar-refractivity contribution in [1.82, 2.24) is 0 Å². The molecule has 0 fully saturated rings. The molecule has 0 atom stereocenters. The molecule has 2 aromatic rings. The van der Waals surface area contributed by atoms with Crippen molar-refractivity contribution in [3.05, 3.63) is 59.2 Å². The van der Waals surface area contributed by atoms with Gasteiger partial charge in [-0.15, -0.1) is 0 Å². The fourth-order valence-electron chi connectivity index (χ4n) is 2.23. The van der Waals surface area contributed by atoms with Crippen molar-refractivity contribution in [1.29, 1.82) is 0 Å². The van der Waals surface area contributed by atoms with Gasteiger partial charge in [0.05, 0.1) is 0 Å². The monoisotopic (exact) mass is 285 g/mol. The molecule has 2 aromatic carbocycles. The molecule has 0 aliphatic carbocycles. The van der Waals surface area contributed by atoms with E-state index < -0.39 is 0 Å². The van der Waals surface area contributed by atoms with Gasteiger partial charge in [0.2, 0.25) is 0 Å². The molecule has 0 spiro atoms. The Balaban J connectivity index is 1.80. The van der Waals surface area contributed by atoms with E-state index in [4.69, 9.17) is 15.2 Å². The largest absolute Gasteiger partial charge is 0.490 e. The van der Waals surface area contributed by atoms with Crippen molar-refractivity contribution in [2.24, 2.45) is 5.73 Å². The molecule has 21 heavy (non-hydrogen) atoms. The average molecular weight is 285 g/mol. The first-order valence-electron chi connectivity index (χ1n) is 7.31. The second-order valence-corrected chi connectivity index (χ2v) is 5.15. The van der Waals surface area contributed by atoms with E-state index in [-0.39, 0.29) is 0 Å². The molecule has 0 saturated carbocycles. The molecule has 0 aliphatic rings. The minimum Gasteiger partial charge on any atom is -0.490 e. The molecule has 112 valence electrons. The van der Waals surface area contributed by atoms with E-state index in [2.05, 4.69) is 32.0 Å². The summed E-state index contributed by atoms with van der Waals surface area (Å²) in [4.78, 5) is 0. The van der Waals surface area contributed by atoms with Crippen LogP contribution < -0.4 is 15.2 Å². The molecule has 0 unspecified atom stereocenters. The number of rotatable bonds is 7. The molecule has 0 amide bonds. The Hall–Kier alpha value is -2.00. The number of hydrogen-bond acceptors (Lipinski definition) is 3. The van der Waals surface area contributed by atoms with Crippen LogP contribution in [0, 0.1) is 13.8 Å². The Morgan fingerprint density at radius 3 is 2.52 bits per heavy atom. The fraction of sp³-hybridized carbons (Fsp3) is 0.333. The smallest absolute Gasteiger partial charge is 0.122 e. The highest BCUT2D eigenvalue weighted by Gasteiger charge is 2.00. The SMILES string of the molecule is Cc1ccc(OCCOc2cccc(CCN)c2)c(C)c1. The van der Waals surface area contributed by atoms with Crippen LogP contribution in [0.2, 0.25) is 0 Å². The highest BCUT2D eigenvalue weighted by atomic mass is 16.5. The van der Waals surface area contributed by atoms with Gasteiger partial charge < -0.3 is 15.2 Å². The summed E-state index contributed by atoms with van der Waals surface area (Å²) >= 11 is 0. The number of aryl methyl sites for hydroxylation is 2. The first kappa shape index (κ1) is 15.4. The van der Waals surface area contributed by atoms with Gasteiger partial charge in [-0.3, -0.25) is 0 Å². The van der Waals surface area contributed by atoms with Gasteiger partial charge in [-0.25, -0.2) is 0 Å². The number of ether oxygens (including phenoxy) is 2. The molecule has 0 bridgehead atoms. The highest BCUT2D eigenvalue weighted by Crippen LogP contribution is 2.19. The lowest BCUT2D eigenvalue weighted by Gasteiger charge is -2.11. The second-order valence-electron chi connectivity index (χ2n) is 5.15. The second kappa shape index (κ2) is 7.70. The molecule has 0 saturated heterocycles. The lowest BCUT2D eigenvalue weighted by molar-refractivity contribution is 0.216. The van der Waals surface area contributed by atoms with Crippen LogP contribution in [0.4, 0.5) is 0 Å². The van der Waals surface area contributed by atoms with Crippen LogP contribution in [0.25, 0.3) is 0 Å². The van der Waals surface area contributed by atoms with Crippen LogP contribution in [0.3, 0.4) is 0 Å². The Bertz CT molecular complexity index is 581. The Morgan fingerprint density at radius 1 is 0.952 bits per heavy atom. The molecular formula is C18H23NO2. The lowest BCUT2D eigenvalue weighted by atomic mass is 10.1. The van der Waals surface area contributed by atoms with E-state index >= 15 is 0 Å². The third-order valence-corrected chi connectivity index (χ3v) is 3.27. The quantitative estimate of drug-likeness (QED) is 0.794. The van der Waals surface area contributed by atoms with Gasteiger partial charge in [-0.2, -0.15) is 0 Å². The van der Waals surface area contributed by atoms with Gasteiger partial charge in [0.25, 0.3) is 0 Å². The number of hydrogen-bond donors (Lipinski definition) is 1. The van der Waals surface area contributed by atoms with Crippen molar-refractivity contribution in [3.63, 3.8) is 0 Å². The summed E-state index contributed by atoms with van der Waals surface area (Å²) in [6.07, 6.45) is 0.871. The zero-order valence-corrected chi connectivity index (χ0v) is 12.8. The van der Waals surface area contributed by atoms with Crippen molar-refractivity contribution in [2.75, 3.05) is 19.8 Å². The molecular weight excluding hydrogens is 262 g/mol. The van der Waals surface area contributed by atoms with Crippen LogP contribution in [0.1, 0.15) is 16.7 Å². The van der Waals surface area contributed by atoms with Gasteiger partial charge in [0.1, 0.15) is 24.7 Å². The van der Waals surface area contributed by atoms with Crippen molar-refractivity contribution < 1.29 is 9.47 Å². The van der Waals surface area contributed by atoms with Crippen molar-refractivity contribution in [3.8, 4) is 11.5 Å². The molecule has 0 aliphatic heterocycles. The van der Waals surface area contributed by atoms with Gasteiger partial charge in [-0.1, -0.05) is 29.8 Å². The van der Waals surface area contributed by atoms with E-state index in [1.165, 1.54) is 11.1 Å². The van der Waals surface area contributed by atoms with Crippen LogP contribution in [0.5, 0.6) is 11.5 Å². The van der Waals surface area contributed by atoms with E-state index in [9.17, 15) is 0 Å². The van der Waals surface area contributed by atoms with Gasteiger partial charge in [0, 0.05) is 0 Å². The standard InChI is InChI=1S/C18H23NO2/c1-14-6-7-18(15(2)12-14)21-11-10-20-17-5-3-4-16(13-17)8-9-19/h3-7,12-13H,8-11,19H2,1-2H3. The van der Waals surface area contributed by atoms with Crippen LogP contribution in [-0.4, -0.2) is 19.8 Å². The van der Waals surface area contributed by atoms with Crippen LogP contribution in [-0.2, 0) is 6.42 Å². The van der Waals surface area contributed by atoms with E-state index in [1.807, 2.05) is 24.3 Å². The predicted octanol–water partition coefficient (Wildman–Crippen LogP) is 3.26. The Morgan fingerprint density at radius 2 is 1.76 bits per heavy atom. The van der Waals surface area contributed by atoms with Crippen molar-refractivity contribution in [2.45, 2.75) is 20.3 Å². The zero-order valence-electron chi connectivity index (χ0n) is 12.8. The average Bonchev–Trinajstić information content (AvgIpc) is 2.46. The van der Waals surface area contributed by atoms with Gasteiger partial charge >= 0.3 is 0 Å². The summed E-state index contributed by atoms with van der Waals surface area (Å²) in [5, 5.41) is 0. The van der Waals surface area contributed by atoms with Crippen LogP contribution in [0.15, 0.2) is 42.5 Å². The first-order chi connectivity index (χ1) is 10.2. The summed E-state index contributed by atoms with van der Waals surface area (Å²) in [5.74, 6) is 1.78. The molecule has 0 radical (unpaired) electrons. The van der Waals surface area contributed by atoms with Crippen LogP contribution >= 0.6 is 0 Å². The summed E-state index contributed by atoms with van der Waals surface area (Å²) in [5.41, 5.74) is 9.16. The van der Waals surface area contributed by atoms with Gasteiger partial charge in [-0.05, 0) is 56.1 Å². The first-order valence-corrected chi connectivity index (χ1v) is 7.31. The topological polar surface area (TPSA) is 44.5 Å². The minimum absolute atomic E-state index is 0.527. The normalized spacial score (nSPS) is 10.4. The molecule has 2 N–H and O–H groups in total. The number of benzene rings is 2. The maximum absolute atomic E-state index is 5.75. The summed E-state index contributed by atoms with van der Waals surface area (Å²) < 4.78 is 11.5. The molecule has 0 heterocycles. The zero-order chi connectivity index (χ0) is 15.1. The molecule has 3 nitrogen and oxygen atoms in total. The van der Waals surface area contributed by atoms with Crippen molar-refractivity contribution >= 4 is 0 Å². The number of nitrogens with two attached hydrogens (primary N) is 1. The Kier molecular flexibility index (Phi) is 5.64.